The molecular formula is C27H32FN7O2. The summed E-state index contributed by atoms with van der Waals surface area (Å²) in [6.45, 7) is 9.07. The zero-order chi connectivity index (χ0) is 26.4. The van der Waals surface area contributed by atoms with Crippen molar-refractivity contribution in [3.8, 4) is 11.3 Å². The van der Waals surface area contributed by atoms with Crippen LogP contribution < -0.4 is 16.0 Å². The summed E-state index contributed by atoms with van der Waals surface area (Å²) >= 11 is 0. The molecule has 0 fully saturated rings. The second-order valence-electron chi connectivity index (χ2n) is 9.83. The molecule has 9 nitrogen and oxygen atoms in total. The first-order valence-electron chi connectivity index (χ1n) is 12.2. The van der Waals surface area contributed by atoms with Crippen LogP contribution in [-0.4, -0.2) is 51.7 Å². The fourth-order valence-corrected chi connectivity index (χ4v) is 3.72. The van der Waals surface area contributed by atoms with Gasteiger partial charge in [-0.2, -0.15) is 5.10 Å². The summed E-state index contributed by atoms with van der Waals surface area (Å²) in [7, 11) is 0. The Morgan fingerprint density at radius 3 is 2.51 bits per heavy atom. The molecular weight excluding hydrogens is 473 g/mol. The van der Waals surface area contributed by atoms with E-state index in [1.807, 2.05) is 51.1 Å². The Kier molecular flexibility index (Phi) is 7.86. The van der Waals surface area contributed by atoms with Gasteiger partial charge in [0, 0.05) is 30.6 Å². The Morgan fingerprint density at radius 1 is 1.03 bits per heavy atom. The number of halogens is 1. The fraction of sp³-hybridized carbons (Fsp3) is 0.333. The number of nitrogens with one attached hydrogen (secondary N) is 4. The molecule has 2 heterocycles. The number of hydrogen-bond acceptors (Lipinski definition) is 7. The molecule has 4 aromatic rings. The maximum absolute atomic E-state index is 13.1. The van der Waals surface area contributed by atoms with Gasteiger partial charge in [0.05, 0.1) is 11.2 Å². The van der Waals surface area contributed by atoms with Crippen molar-refractivity contribution in [2.45, 2.75) is 39.2 Å². The summed E-state index contributed by atoms with van der Waals surface area (Å²) in [5, 5.41) is 26.2. The molecule has 37 heavy (non-hydrogen) atoms. The molecule has 4 N–H and O–H groups in total. The molecule has 0 radical (unpaired) electrons. The van der Waals surface area contributed by atoms with Gasteiger partial charge in [-0.15, -0.1) is 10.2 Å². The number of nitrogens with zero attached hydrogens (tertiary/aromatic N) is 3. The second-order valence-corrected chi connectivity index (χ2v) is 9.83. The predicted octanol–water partition coefficient (Wildman–Crippen LogP) is 5.31. The standard InChI is InChI=1S/C27H32FN7O2/c1-17(18-5-8-20(28)9-6-18)16-31-24-12-11-22(32-34-24)19-7-10-23-21(15-19)25(35-33-23)29-13-14-30-26(36)37-27(2,3)4/h5-12,15,17H,13-14,16H2,1-4H3,(H,30,36)(H,31,34)(H2,29,33,35). The lowest BCUT2D eigenvalue weighted by molar-refractivity contribution is 0.0530. The van der Waals surface area contributed by atoms with Crippen molar-refractivity contribution in [3.05, 3.63) is 66.0 Å². The summed E-state index contributed by atoms with van der Waals surface area (Å²) in [6.07, 6.45) is -0.454. The van der Waals surface area contributed by atoms with Gasteiger partial charge in [-0.25, -0.2) is 9.18 Å². The van der Waals surface area contributed by atoms with Crippen molar-refractivity contribution in [2.75, 3.05) is 30.3 Å². The number of fused-ring (bicyclic) bond motifs is 1. The van der Waals surface area contributed by atoms with Crippen LogP contribution in [-0.2, 0) is 4.74 Å². The number of rotatable bonds is 9. The van der Waals surface area contributed by atoms with Gasteiger partial charge in [-0.3, -0.25) is 5.10 Å². The van der Waals surface area contributed by atoms with Crippen LogP contribution in [0.4, 0.5) is 20.8 Å². The third-order valence-corrected chi connectivity index (χ3v) is 5.64. The minimum Gasteiger partial charge on any atom is -0.444 e. The Hall–Kier alpha value is -4.21. The molecule has 1 atom stereocenters. The van der Waals surface area contributed by atoms with Gasteiger partial charge in [0.25, 0.3) is 0 Å². The first-order valence-corrected chi connectivity index (χ1v) is 12.2. The number of ether oxygens (including phenoxy) is 1. The quantitative estimate of drug-likeness (QED) is 0.228. The van der Waals surface area contributed by atoms with Crippen LogP contribution in [0.3, 0.4) is 0 Å². The van der Waals surface area contributed by atoms with Gasteiger partial charge in [0.2, 0.25) is 0 Å². The molecule has 0 aliphatic heterocycles. The van der Waals surface area contributed by atoms with E-state index in [9.17, 15) is 9.18 Å². The van der Waals surface area contributed by atoms with Gasteiger partial charge in [0.1, 0.15) is 17.2 Å². The largest absolute Gasteiger partial charge is 0.444 e. The highest BCUT2D eigenvalue weighted by Gasteiger charge is 2.15. The average Bonchev–Trinajstić information content (AvgIpc) is 3.27. The zero-order valence-electron chi connectivity index (χ0n) is 21.4. The molecule has 10 heteroatoms. The number of carbonyl (C=O) groups excluding carboxylic acids is 1. The van der Waals surface area contributed by atoms with Crippen molar-refractivity contribution in [1.29, 1.82) is 0 Å². The number of aromatic nitrogens is 4. The number of hydrogen-bond donors (Lipinski definition) is 4. The van der Waals surface area contributed by atoms with E-state index >= 15 is 0 Å². The molecule has 0 spiro atoms. The van der Waals surface area contributed by atoms with Crippen molar-refractivity contribution in [3.63, 3.8) is 0 Å². The van der Waals surface area contributed by atoms with Crippen molar-refractivity contribution in [1.82, 2.24) is 25.7 Å². The monoisotopic (exact) mass is 505 g/mol. The summed E-state index contributed by atoms with van der Waals surface area (Å²) in [5.74, 6) is 1.30. The van der Waals surface area contributed by atoms with Crippen LogP contribution >= 0.6 is 0 Å². The van der Waals surface area contributed by atoms with Crippen LogP contribution in [0.15, 0.2) is 54.6 Å². The Labute approximate surface area is 215 Å². The minimum atomic E-state index is -0.536. The van der Waals surface area contributed by atoms with Gasteiger partial charge in [-0.05, 0) is 68.7 Å². The fourth-order valence-electron chi connectivity index (χ4n) is 3.72. The van der Waals surface area contributed by atoms with Crippen LogP contribution in [0.2, 0.25) is 0 Å². The predicted molar refractivity (Wildman–Crippen MR) is 143 cm³/mol. The molecule has 1 unspecified atom stereocenters. The SMILES string of the molecule is CC(CNc1ccc(-c2ccc3[nH]nc(NCCNC(=O)OC(C)(C)C)c3c2)nn1)c1ccc(F)cc1. The van der Waals surface area contributed by atoms with Crippen LogP contribution in [0.25, 0.3) is 22.2 Å². The maximum atomic E-state index is 13.1. The van der Waals surface area contributed by atoms with E-state index in [1.165, 1.54) is 12.1 Å². The maximum Gasteiger partial charge on any atom is 0.407 e. The van der Waals surface area contributed by atoms with E-state index in [-0.39, 0.29) is 11.7 Å². The zero-order valence-corrected chi connectivity index (χ0v) is 21.4. The lowest BCUT2D eigenvalue weighted by Gasteiger charge is -2.19. The highest BCUT2D eigenvalue weighted by Crippen LogP contribution is 2.27. The Morgan fingerprint density at radius 2 is 1.81 bits per heavy atom. The molecule has 2 aromatic heterocycles. The van der Waals surface area contributed by atoms with Crippen LogP contribution in [0.1, 0.15) is 39.2 Å². The molecule has 4 rings (SSSR count). The van der Waals surface area contributed by atoms with Crippen molar-refractivity contribution in [2.24, 2.45) is 0 Å². The number of carbonyl (C=O) groups is 1. The first-order chi connectivity index (χ1) is 17.7. The highest BCUT2D eigenvalue weighted by atomic mass is 19.1. The number of alkyl carbamates (subject to hydrolysis) is 1. The number of anilines is 2. The molecule has 0 aliphatic carbocycles. The van der Waals surface area contributed by atoms with Gasteiger partial charge in [0.15, 0.2) is 5.82 Å². The normalized spacial score (nSPS) is 12.2. The Balaban J connectivity index is 1.34. The summed E-state index contributed by atoms with van der Waals surface area (Å²) in [6, 6.07) is 16.2. The number of aromatic amines is 1. The van der Waals surface area contributed by atoms with Crippen molar-refractivity contribution < 1.29 is 13.9 Å². The summed E-state index contributed by atoms with van der Waals surface area (Å²) in [4.78, 5) is 11.8. The molecule has 194 valence electrons. The van der Waals surface area contributed by atoms with Gasteiger partial charge in [-0.1, -0.05) is 25.1 Å². The van der Waals surface area contributed by atoms with E-state index in [1.54, 1.807) is 12.1 Å². The lowest BCUT2D eigenvalue weighted by Crippen LogP contribution is -2.35. The molecule has 2 aromatic carbocycles. The minimum absolute atomic E-state index is 0.191. The third kappa shape index (κ3) is 7.16. The molecule has 0 saturated heterocycles. The van der Waals surface area contributed by atoms with Crippen LogP contribution in [0.5, 0.6) is 0 Å². The molecule has 0 bridgehead atoms. The third-order valence-electron chi connectivity index (χ3n) is 5.64. The van der Waals surface area contributed by atoms with E-state index in [4.69, 9.17) is 4.74 Å². The van der Waals surface area contributed by atoms with E-state index < -0.39 is 11.7 Å². The average molecular weight is 506 g/mol. The van der Waals surface area contributed by atoms with Gasteiger partial charge >= 0.3 is 6.09 Å². The first kappa shape index (κ1) is 25.9. The van der Waals surface area contributed by atoms with Gasteiger partial charge < -0.3 is 20.7 Å². The second kappa shape index (κ2) is 11.2. The summed E-state index contributed by atoms with van der Waals surface area (Å²) < 4.78 is 18.4. The topological polar surface area (TPSA) is 117 Å². The number of benzene rings is 2. The number of H-pyrrole nitrogens is 1. The van der Waals surface area contributed by atoms with E-state index in [2.05, 4.69) is 43.3 Å². The lowest BCUT2D eigenvalue weighted by atomic mass is 10.0. The Bertz CT molecular complexity index is 1330. The van der Waals surface area contributed by atoms with Crippen molar-refractivity contribution >= 4 is 28.6 Å². The highest BCUT2D eigenvalue weighted by molar-refractivity contribution is 5.92. The smallest absolute Gasteiger partial charge is 0.407 e. The van der Waals surface area contributed by atoms with Crippen LogP contribution in [0, 0.1) is 5.82 Å². The van der Waals surface area contributed by atoms with E-state index in [0.29, 0.717) is 31.3 Å². The molecule has 1 amide bonds. The molecule has 0 saturated carbocycles. The van der Waals surface area contributed by atoms with E-state index in [0.717, 1.165) is 27.7 Å². The molecule has 0 aliphatic rings. The number of amides is 1. The summed E-state index contributed by atoms with van der Waals surface area (Å²) in [5.41, 5.74) is 3.04.